The number of aromatic amines is 2. The van der Waals surface area contributed by atoms with E-state index in [-0.39, 0.29) is 34.2 Å². The second-order valence-corrected chi connectivity index (χ2v) is 16.8. The van der Waals surface area contributed by atoms with Crippen LogP contribution < -0.4 is 27.2 Å². The van der Waals surface area contributed by atoms with E-state index in [4.69, 9.17) is 25.7 Å². The molecule has 3 unspecified atom stereocenters. The Kier molecular flexibility index (Phi) is 10.6. The van der Waals surface area contributed by atoms with Gasteiger partial charge in [0.25, 0.3) is 17.1 Å². The number of aliphatic hydroxyl groups is 3. The Morgan fingerprint density at radius 1 is 0.963 bits per heavy atom. The highest BCUT2D eigenvalue weighted by atomic mass is 31.3. The number of aromatic nitrogens is 8. The molecule has 0 aromatic carbocycles. The molecule has 4 aromatic heterocycles. The van der Waals surface area contributed by atoms with Gasteiger partial charge >= 0.3 is 29.1 Å². The number of phosphoric acid groups is 3. The van der Waals surface area contributed by atoms with Crippen LogP contribution in [0.2, 0.25) is 0 Å². The summed E-state index contributed by atoms with van der Waals surface area (Å²) in [4.78, 5) is 71.4. The number of H-pyrrole nitrogens is 2. The molecule has 2 aliphatic heterocycles. The molecule has 0 aliphatic carbocycles. The number of hydrogen-bond acceptors (Lipinski definition) is 20. The predicted octanol–water partition coefficient (Wildman–Crippen LogP) is -3.50. The van der Waals surface area contributed by atoms with E-state index in [0.29, 0.717) is 0 Å². The first-order valence-electron chi connectivity index (χ1n) is 15.1. The molecular weight excluding hydrogens is 797 g/mol. The first-order valence-corrected chi connectivity index (χ1v) is 19.6. The maximum atomic E-state index is 12.6. The van der Waals surface area contributed by atoms with E-state index >= 15 is 0 Å². The van der Waals surface area contributed by atoms with Gasteiger partial charge < -0.3 is 55.7 Å². The van der Waals surface area contributed by atoms with Crippen LogP contribution in [-0.4, -0.2) is 120 Å². The van der Waals surface area contributed by atoms with Crippen LogP contribution in [0.4, 0.5) is 11.9 Å². The quantitative estimate of drug-likeness (QED) is 0.0461. The molecule has 298 valence electrons. The number of nitrogens with one attached hydrogen (secondary N) is 2. The molecule has 0 amide bonds. The summed E-state index contributed by atoms with van der Waals surface area (Å²) in [5, 5.41) is 32.6. The van der Waals surface area contributed by atoms with Crippen molar-refractivity contribution >= 4 is 57.7 Å². The molecule has 6 heterocycles. The summed E-state index contributed by atoms with van der Waals surface area (Å²) < 4.78 is 75.6. The number of nitrogen functional groups attached to an aromatic ring is 2. The molecule has 0 radical (unpaired) electrons. The molecule has 12 N–H and O–H groups in total. The summed E-state index contributed by atoms with van der Waals surface area (Å²) in [5.74, 6) is -0.544. The van der Waals surface area contributed by atoms with Crippen molar-refractivity contribution in [2.24, 2.45) is 7.05 Å². The number of nitrogens with two attached hydrogens (primary N) is 2. The summed E-state index contributed by atoms with van der Waals surface area (Å²) in [6.45, 7) is -0.961. The summed E-state index contributed by atoms with van der Waals surface area (Å²) in [7, 11) is -14.7. The highest BCUT2D eigenvalue weighted by Crippen LogP contribution is 2.68. The molecule has 54 heavy (non-hydrogen) atoms. The van der Waals surface area contributed by atoms with Crippen LogP contribution in [0.3, 0.4) is 0 Å². The van der Waals surface area contributed by atoms with Crippen LogP contribution >= 0.6 is 23.5 Å². The Morgan fingerprint density at radius 3 is 2.19 bits per heavy atom. The van der Waals surface area contributed by atoms with E-state index in [1.54, 1.807) is 0 Å². The molecule has 28 nitrogen and oxygen atoms in total. The van der Waals surface area contributed by atoms with Crippen molar-refractivity contribution in [3.63, 3.8) is 0 Å². The Bertz CT molecular complexity index is 2350. The predicted molar refractivity (Wildman–Crippen MR) is 173 cm³/mol. The fourth-order valence-electron chi connectivity index (χ4n) is 5.94. The third-order valence-corrected chi connectivity index (χ3v) is 12.6. The van der Waals surface area contributed by atoms with Gasteiger partial charge in [0.05, 0.1) is 26.6 Å². The van der Waals surface area contributed by atoms with Gasteiger partial charge in [-0.25, -0.2) is 23.2 Å². The smallest absolute Gasteiger partial charge is 0.387 e. The van der Waals surface area contributed by atoms with Crippen LogP contribution in [0.1, 0.15) is 19.4 Å². The van der Waals surface area contributed by atoms with Crippen molar-refractivity contribution in [1.82, 2.24) is 34.1 Å². The fourth-order valence-corrected chi connectivity index (χ4v) is 9.46. The number of nitrogens with zero attached hydrogens (tertiary/aromatic N) is 6. The van der Waals surface area contributed by atoms with E-state index in [1.165, 1.54) is 29.6 Å². The topological polar surface area (TPSA) is 407 Å². The lowest BCUT2D eigenvalue weighted by molar-refractivity contribution is -0.752. The second kappa shape index (κ2) is 14.2. The number of rotatable bonds is 13. The number of aryl methyl sites for hydroxylation is 1. The lowest BCUT2D eigenvalue weighted by Gasteiger charge is -2.25. The van der Waals surface area contributed by atoms with Crippen molar-refractivity contribution in [3.05, 3.63) is 33.4 Å². The largest absolute Gasteiger partial charge is 0.490 e. The number of anilines is 2. The minimum absolute atomic E-state index is 0.00999. The van der Waals surface area contributed by atoms with Crippen molar-refractivity contribution < 1.29 is 80.1 Å². The lowest BCUT2D eigenvalue weighted by atomic mass is 9.96. The zero-order valence-corrected chi connectivity index (χ0v) is 30.6. The van der Waals surface area contributed by atoms with E-state index in [9.17, 15) is 53.3 Å². The zero-order chi connectivity index (χ0) is 39.7. The molecule has 2 saturated heterocycles. The monoisotopic (exact) mass is 831 g/mol. The van der Waals surface area contributed by atoms with Crippen LogP contribution in [0.15, 0.2) is 22.2 Å². The van der Waals surface area contributed by atoms with Crippen LogP contribution in [0.25, 0.3) is 22.3 Å². The molecule has 0 saturated carbocycles. The molecule has 2 aliphatic rings. The minimum Gasteiger partial charge on any atom is -0.387 e. The first-order chi connectivity index (χ1) is 25.0. The van der Waals surface area contributed by atoms with Crippen LogP contribution in [0.5, 0.6) is 0 Å². The summed E-state index contributed by atoms with van der Waals surface area (Å²) in [6.07, 6.45) is -8.12. The average Bonchev–Trinajstić information content (AvgIpc) is 3.75. The Hall–Kier alpha value is -3.53. The molecule has 0 spiro atoms. The third-order valence-electron chi connectivity index (χ3n) is 8.32. The van der Waals surface area contributed by atoms with Gasteiger partial charge in [-0.15, -0.1) is 0 Å². The maximum Gasteiger partial charge on any atom is 0.490 e. The van der Waals surface area contributed by atoms with Crippen LogP contribution in [0, 0.1) is 0 Å². The van der Waals surface area contributed by atoms with Crippen molar-refractivity contribution in [3.8, 4) is 0 Å². The van der Waals surface area contributed by atoms with Crippen molar-refractivity contribution in [2.75, 3.05) is 31.8 Å². The van der Waals surface area contributed by atoms with Crippen molar-refractivity contribution in [1.29, 1.82) is 0 Å². The molecule has 11 atom stereocenters. The number of phosphoric ester groups is 2. The highest BCUT2D eigenvalue weighted by Gasteiger charge is 2.56. The number of ether oxygens (including phenoxy) is 3. The van der Waals surface area contributed by atoms with Crippen LogP contribution in [-0.2, 0) is 52.6 Å². The number of fused-ring (bicyclic) bond motifs is 2. The van der Waals surface area contributed by atoms with E-state index in [1.807, 2.05) is 0 Å². The van der Waals surface area contributed by atoms with Gasteiger partial charge in [0.1, 0.15) is 36.1 Å². The van der Waals surface area contributed by atoms with Gasteiger partial charge in [0.2, 0.25) is 17.7 Å². The van der Waals surface area contributed by atoms with Gasteiger partial charge in [0, 0.05) is 7.11 Å². The maximum absolute atomic E-state index is 12.6. The highest BCUT2D eigenvalue weighted by molar-refractivity contribution is 7.66. The number of methoxy groups -OCH3 is 1. The molecular formula is C23H34N10O18P3+. The molecule has 2 fully saturated rings. The first kappa shape index (κ1) is 40.1. The number of hydrogen-bond donors (Lipinski definition) is 10. The van der Waals surface area contributed by atoms with E-state index < -0.39 is 96.4 Å². The zero-order valence-electron chi connectivity index (χ0n) is 27.9. The number of imidazole rings is 2. The molecule has 4 aromatic rings. The number of aliphatic hydroxyl groups excluding tert-OH is 2. The summed E-state index contributed by atoms with van der Waals surface area (Å²) in [6, 6.07) is 0. The molecule has 6 rings (SSSR count). The lowest BCUT2D eigenvalue weighted by Crippen LogP contribution is -2.53. The Labute approximate surface area is 299 Å². The molecule has 0 bridgehead atoms. The van der Waals surface area contributed by atoms with Gasteiger partial charge in [-0.3, -0.25) is 37.7 Å². The second-order valence-electron chi connectivity index (χ2n) is 12.1. The fraction of sp³-hybridized carbons (Fsp3) is 0.565. The SMILES string of the molecule is CO[C@@H]1[C@H](O)[C@@H](COP(=O)(O)OP(=O)(O)OP(=O)(O)OC[C@H]2O[C@@H]([n+]3cn(C)c4c(=O)[nH]c(N)nc43)[C@](C)(O)[C@@H]2O)O[C@H]1n1cnc2c(=O)[nH]c(N)nc21. The molecule has 31 heteroatoms. The van der Waals surface area contributed by atoms with Crippen molar-refractivity contribution in [2.45, 2.75) is 55.5 Å². The summed E-state index contributed by atoms with van der Waals surface area (Å²) in [5.41, 5.74) is 7.52. The van der Waals surface area contributed by atoms with Gasteiger partial charge in [-0.1, -0.05) is 4.98 Å². The minimum atomic E-state index is -6.00. The average molecular weight is 831 g/mol. The van der Waals surface area contributed by atoms with Gasteiger partial charge in [-0.05, 0) is 6.92 Å². The standard InChI is InChI=1S/C23H33N10O18P3/c1-23(38)14(35)9(49-20(23)33-7-31(2)11-16(33)28-22(25)30-18(11)37)5-47-53(41,42)51-54(43,44)50-52(39,40)46-4-8-12(34)13(45-3)19(48-8)32-6-26-10-15(32)27-21(24)29-17(10)36/h6-9,12-14,19-20,34-35,38H,4-5H2,1-3H3,(H8-,24,25,27,28,29,30,36,37,39,40,41,42,43,44)/p+1/t8-,9-,12-,13-,14-,19-,20-,23-/m1/s1. The van der Waals surface area contributed by atoms with E-state index in [2.05, 4.69) is 42.6 Å². The summed E-state index contributed by atoms with van der Waals surface area (Å²) >= 11 is 0. The van der Waals surface area contributed by atoms with E-state index in [0.717, 1.165) is 17.8 Å². The van der Waals surface area contributed by atoms with Gasteiger partial charge in [-0.2, -0.15) is 13.6 Å². The Morgan fingerprint density at radius 2 is 1.56 bits per heavy atom. The Balaban J connectivity index is 1.07. The van der Waals surface area contributed by atoms with Gasteiger partial charge in [0.15, 0.2) is 23.7 Å². The third kappa shape index (κ3) is 7.65. The normalized spacial score (nSPS) is 30.8.